The van der Waals surface area contributed by atoms with Gasteiger partial charge in [-0.25, -0.2) is 4.79 Å². The fourth-order valence-electron chi connectivity index (χ4n) is 4.45. The Bertz CT molecular complexity index is 942. The van der Waals surface area contributed by atoms with Crippen LogP contribution in [0.15, 0.2) is 28.8 Å². The van der Waals surface area contributed by atoms with Gasteiger partial charge in [0.25, 0.3) is 0 Å². The number of alkyl halides is 3. The van der Waals surface area contributed by atoms with Gasteiger partial charge in [-0.15, -0.1) is 13.2 Å². The first-order valence-electron chi connectivity index (χ1n) is 11.1. The summed E-state index contributed by atoms with van der Waals surface area (Å²) in [7, 11) is 0. The average molecular weight is 468 g/mol. The molecule has 2 saturated heterocycles. The highest BCUT2D eigenvalue weighted by Crippen LogP contribution is 2.37. The zero-order valence-electron chi connectivity index (χ0n) is 18.3. The number of aryl methyl sites for hydroxylation is 1. The number of nitrogens with zero attached hydrogens (tertiary/aromatic N) is 4. The van der Waals surface area contributed by atoms with Crippen LogP contribution in [0.4, 0.5) is 18.0 Å². The van der Waals surface area contributed by atoms with Crippen molar-refractivity contribution in [2.75, 3.05) is 26.2 Å². The lowest BCUT2D eigenvalue weighted by Crippen LogP contribution is -2.51. The fraction of sp³-hybridized carbons (Fsp3) is 0.591. The van der Waals surface area contributed by atoms with E-state index < -0.39 is 6.36 Å². The van der Waals surface area contributed by atoms with Crippen LogP contribution in [-0.2, 0) is 6.42 Å². The van der Waals surface area contributed by atoms with Gasteiger partial charge in [-0.1, -0.05) is 24.2 Å². The van der Waals surface area contributed by atoms with Gasteiger partial charge >= 0.3 is 12.4 Å². The van der Waals surface area contributed by atoms with E-state index in [1.807, 2.05) is 6.92 Å². The number of likely N-dealkylation sites (tertiary alicyclic amines) is 2. The Balaban J connectivity index is 1.54. The minimum atomic E-state index is -4.75. The van der Waals surface area contributed by atoms with E-state index in [1.165, 1.54) is 12.1 Å². The topological polar surface area (TPSA) is 91.9 Å². The van der Waals surface area contributed by atoms with Crippen molar-refractivity contribution in [1.82, 2.24) is 19.9 Å². The predicted octanol–water partition coefficient (Wildman–Crippen LogP) is 3.68. The van der Waals surface area contributed by atoms with Gasteiger partial charge in [-0.05, 0) is 37.0 Å². The molecule has 2 aromatic rings. The van der Waals surface area contributed by atoms with E-state index in [1.54, 1.807) is 21.9 Å². The summed E-state index contributed by atoms with van der Waals surface area (Å²) in [5.41, 5.74) is 0.802. The van der Waals surface area contributed by atoms with Crippen molar-refractivity contribution >= 4 is 6.03 Å². The molecular weight excluding hydrogens is 441 g/mol. The number of aromatic nitrogens is 2. The minimum Gasteiger partial charge on any atom is -0.406 e. The number of hydrogen-bond donors (Lipinski definition) is 1. The number of carbonyl (C=O) groups is 1. The molecule has 8 nitrogen and oxygen atoms in total. The summed E-state index contributed by atoms with van der Waals surface area (Å²) in [6.45, 7) is 3.72. The third-order valence-electron chi connectivity index (χ3n) is 6.19. The molecule has 33 heavy (non-hydrogen) atoms. The van der Waals surface area contributed by atoms with Gasteiger partial charge in [0.15, 0.2) is 5.82 Å². The van der Waals surface area contributed by atoms with Crippen molar-refractivity contribution in [3.05, 3.63) is 41.5 Å². The molecule has 180 valence electrons. The maximum absolute atomic E-state index is 13.2. The Labute approximate surface area is 189 Å². The molecule has 2 atom stereocenters. The zero-order chi connectivity index (χ0) is 23.6. The van der Waals surface area contributed by atoms with Crippen molar-refractivity contribution in [2.45, 2.75) is 56.9 Å². The number of urea groups is 1. The van der Waals surface area contributed by atoms with Crippen molar-refractivity contribution in [1.29, 1.82) is 0 Å². The van der Waals surface area contributed by atoms with Crippen LogP contribution >= 0.6 is 0 Å². The molecule has 1 N–H and O–H groups in total. The molecule has 0 aliphatic carbocycles. The fourth-order valence-corrected chi connectivity index (χ4v) is 4.45. The lowest BCUT2D eigenvalue weighted by molar-refractivity contribution is -0.274. The van der Waals surface area contributed by atoms with E-state index in [2.05, 4.69) is 14.9 Å². The van der Waals surface area contributed by atoms with Gasteiger partial charge in [0.1, 0.15) is 5.75 Å². The molecule has 2 unspecified atom stereocenters. The molecule has 0 saturated carbocycles. The van der Waals surface area contributed by atoms with Gasteiger partial charge in [-0.3, -0.25) is 0 Å². The van der Waals surface area contributed by atoms with Crippen LogP contribution < -0.4 is 4.74 Å². The molecule has 4 rings (SSSR count). The second-order valence-electron chi connectivity index (χ2n) is 8.55. The van der Waals surface area contributed by atoms with Gasteiger partial charge in [0, 0.05) is 38.5 Å². The van der Waals surface area contributed by atoms with Crippen LogP contribution in [0.1, 0.15) is 55.3 Å². The van der Waals surface area contributed by atoms with Crippen LogP contribution in [0.25, 0.3) is 0 Å². The second-order valence-corrected chi connectivity index (χ2v) is 8.55. The van der Waals surface area contributed by atoms with Gasteiger partial charge in [0.05, 0.1) is 12.0 Å². The Kier molecular flexibility index (Phi) is 6.78. The Morgan fingerprint density at radius 1 is 1.15 bits per heavy atom. The highest BCUT2D eigenvalue weighted by Gasteiger charge is 2.37. The number of benzene rings is 1. The smallest absolute Gasteiger partial charge is 0.406 e. The number of amides is 2. The van der Waals surface area contributed by atoms with E-state index in [4.69, 9.17) is 4.52 Å². The van der Waals surface area contributed by atoms with E-state index in [0.717, 1.165) is 5.56 Å². The molecule has 2 aliphatic heterocycles. The number of ether oxygens (including phenoxy) is 1. The first kappa shape index (κ1) is 23.3. The molecule has 1 aromatic carbocycles. The monoisotopic (exact) mass is 468 g/mol. The molecule has 0 radical (unpaired) electrons. The summed E-state index contributed by atoms with van der Waals surface area (Å²) in [4.78, 5) is 21.2. The molecule has 0 spiro atoms. The number of carbonyl (C=O) groups excluding carboxylic acids is 1. The molecule has 2 amide bonds. The quantitative estimate of drug-likeness (QED) is 0.736. The van der Waals surface area contributed by atoms with Crippen LogP contribution in [-0.4, -0.2) is 69.7 Å². The lowest BCUT2D eigenvalue weighted by Gasteiger charge is -2.40. The van der Waals surface area contributed by atoms with Crippen molar-refractivity contribution < 1.29 is 32.3 Å². The second kappa shape index (κ2) is 9.58. The normalized spacial score (nSPS) is 22.5. The number of aliphatic hydroxyl groups is 1. The van der Waals surface area contributed by atoms with Gasteiger partial charge < -0.3 is 24.2 Å². The standard InChI is InChI=1S/C22H27F3N4O4/c1-2-19-26-20(33-27-19)16-11-15(14-3-5-18(6-4-14)32-22(23,24)25)12-29(13-16)21(31)28-9-7-17(30)8-10-28/h3-6,15-17,30H,2,7-13H2,1H3. The van der Waals surface area contributed by atoms with Crippen molar-refractivity contribution in [3.8, 4) is 5.75 Å². The highest BCUT2D eigenvalue weighted by atomic mass is 19.4. The number of piperidine rings is 2. The highest BCUT2D eigenvalue weighted by molar-refractivity contribution is 5.75. The maximum Gasteiger partial charge on any atom is 0.573 e. The van der Waals surface area contributed by atoms with Crippen LogP contribution in [0.2, 0.25) is 0 Å². The summed E-state index contributed by atoms with van der Waals surface area (Å²) in [6.07, 6.45) is -2.82. The largest absolute Gasteiger partial charge is 0.573 e. The molecule has 2 aliphatic rings. The molecule has 2 fully saturated rings. The Morgan fingerprint density at radius 3 is 2.42 bits per heavy atom. The third-order valence-corrected chi connectivity index (χ3v) is 6.19. The van der Waals surface area contributed by atoms with Gasteiger partial charge in [0.2, 0.25) is 5.89 Å². The van der Waals surface area contributed by atoms with E-state index in [-0.39, 0.29) is 29.7 Å². The van der Waals surface area contributed by atoms with E-state index >= 15 is 0 Å². The van der Waals surface area contributed by atoms with Crippen LogP contribution in [0.3, 0.4) is 0 Å². The average Bonchev–Trinajstić information content (AvgIpc) is 3.28. The van der Waals surface area contributed by atoms with Crippen LogP contribution in [0.5, 0.6) is 5.75 Å². The summed E-state index contributed by atoms with van der Waals surface area (Å²) < 4.78 is 46.9. The molecule has 1 aromatic heterocycles. The summed E-state index contributed by atoms with van der Waals surface area (Å²) >= 11 is 0. The zero-order valence-corrected chi connectivity index (χ0v) is 18.3. The molecule has 0 bridgehead atoms. The van der Waals surface area contributed by atoms with Crippen molar-refractivity contribution in [3.63, 3.8) is 0 Å². The lowest BCUT2D eigenvalue weighted by atomic mass is 9.84. The number of aliphatic hydroxyl groups excluding tert-OH is 1. The predicted molar refractivity (Wildman–Crippen MR) is 111 cm³/mol. The minimum absolute atomic E-state index is 0.121. The summed E-state index contributed by atoms with van der Waals surface area (Å²) in [6, 6.07) is 5.64. The SMILES string of the molecule is CCc1noc(C2CC(c3ccc(OC(F)(F)F)cc3)CN(C(=O)N3CCC(O)CC3)C2)n1. The molecule has 3 heterocycles. The molecule has 11 heteroatoms. The Morgan fingerprint density at radius 2 is 1.82 bits per heavy atom. The molecular formula is C22H27F3N4O4. The van der Waals surface area contributed by atoms with E-state index in [0.29, 0.717) is 63.6 Å². The number of rotatable bonds is 4. The summed E-state index contributed by atoms with van der Waals surface area (Å²) in [5, 5.41) is 13.7. The first-order valence-corrected chi connectivity index (χ1v) is 11.1. The van der Waals surface area contributed by atoms with Crippen LogP contribution in [0, 0.1) is 0 Å². The Hall–Kier alpha value is -2.82. The number of hydrogen-bond acceptors (Lipinski definition) is 6. The van der Waals surface area contributed by atoms with Crippen molar-refractivity contribution in [2.24, 2.45) is 0 Å². The first-order chi connectivity index (χ1) is 15.7. The van der Waals surface area contributed by atoms with E-state index in [9.17, 15) is 23.1 Å². The third kappa shape index (κ3) is 5.76. The van der Waals surface area contributed by atoms with Gasteiger partial charge in [-0.2, -0.15) is 4.98 Å². The number of halogens is 3. The maximum atomic E-state index is 13.2. The summed E-state index contributed by atoms with van der Waals surface area (Å²) in [5.74, 6) is 0.439.